The average molecular weight is 595 g/mol. The minimum Gasteiger partial charge on any atom is -0.494 e. The standard InChI is InChI=1S/C26H22F4N4O6S/c1-40-23-10-5-16(13-20(23)27)15-3-7-18(8-4-15)34(41(2,38)39)22(25(36)37)11-12-33-24(35)19-9-6-17(26(28,29)30)14-21(19)31-32-33/h3-10,13-14,22H,11-12H2,1-2H3,(H,36,37)/t22-/m1/s1. The Labute approximate surface area is 230 Å². The van der Waals surface area contributed by atoms with E-state index in [0.717, 1.165) is 17.0 Å². The molecule has 0 saturated heterocycles. The summed E-state index contributed by atoms with van der Waals surface area (Å²) >= 11 is 0. The van der Waals surface area contributed by atoms with Crippen LogP contribution < -0.4 is 14.6 Å². The fraction of sp³-hybridized carbons (Fsp3) is 0.231. The summed E-state index contributed by atoms with van der Waals surface area (Å²) in [6.07, 6.45) is -4.28. The van der Waals surface area contributed by atoms with Crippen molar-refractivity contribution in [1.29, 1.82) is 0 Å². The van der Waals surface area contributed by atoms with Gasteiger partial charge in [0.1, 0.15) is 11.6 Å². The second-order valence-electron chi connectivity index (χ2n) is 8.95. The number of benzene rings is 3. The van der Waals surface area contributed by atoms with Crippen LogP contribution >= 0.6 is 0 Å². The zero-order valence-electron chi connectivity index (χ0n) is 21.5. The highest BCUT2D eigenvalue weighted by Crippen LogP contribution is 2.31. The number of aromatic nitrogens is 3. The molecule has 0 radical (unpaired) electrons. The maximum Gasteiger partial charge on any atom is 0.416 e. The van der Waals surface area contributed by atoms with Crippen LogP contribution in [-0.2, 0) is 27.5 Å². The molecule has 0 bridgehead atoms. The predicted octanol–water partition coefficient (Wildman–Crippen LogP) is 3.93. The number of aliphatic carboxylic acids is 1. The summed E-state index contributed by atoms with van der Waals surface area (Å²) < 4.78 is 84.9. The molecular formula is C26H22F4N4O6S. The quantitative estimate of drug-likeness (QED) is 0.289. The number of sulfonamides is 1. The lowest BCUT2D eigenvalue weighted by molar-refractivity contribution is -0.139. The zero-order valence-corrected chi connectivity index (χ0v) is 22.3. The molecule has 1 atom stereocenters. The Morgan fingerprint density at radius 2 is 1.73 bits per heavy atom. The van der Waals surface area contributed by atoms with Crippen LogP contribution in [0.3, 0.4) is 0 Å². The van der Waals surface area contributed by atoms with Gasteiger partial charge in [-0.3, -0.25) is 9.10 Å². The van der Waals surface area contributed by atoms with Gasteiger partial charge >= 0.3 is 12.1 Å². The summed E-state index contributed by atoms with van der Waals surface area (Å²) in [6.45, 7) is -0.408. The van der Waals surface area contributed by atoms with Gasteiger partial charge in [0.2, 0.25) is 10.0 Å². The SMILES string of the molecule is COc1ccc(-c2ccc(N([C@H](CCn3nnc4cc(C(F)(F)F)ccc4c3=O)C(=O)O)S(C)(=O)=O)cc2)cc1F. The minimum absolute atomic E-state index is 0.00532. The van der Waals surface area contributed by atoms with E-state index >= 15 is 0 Å². The van der Waals surface area contributed by atoms with Crippen molar-refractivity contribution in [1.82, 2.24) is 15.0 Å². The Balaban J connectivity index is 1.63. The van der Waals surface area contributed by atoms with Crippen molar-refractivity contribution >= 4 is 32.6 Å². The fourth-order valence-corrected chi connectivity index (χ4v) is 5.40. The van der Waals surface area contributed by atoms with Crippen LogP contribution in [0.5, 0.6) is 5.75 Å². The Bertz CT molecular complexity index is 1780. The summed E-state index contributed by atoms with van der Waals surface area (Å²) in [4.78, 5) is 25.0. The molecular weight excluding hydrogens is 572 g/mol. The van der Waals surface area contributed by atoms with Gasteiger partial charge in [-0.15, -0.1) is 5.10 Å². The molecule has 10 nitrogen and oxygen atoms in total. The van der Waals surface area contributed by atoms with Crippen LogP contribution in [0.25, 0.3) is 22.0 Å². The topological polar surface area (TPSA) is 132 Å². The number of hydrogen-bond acceptors (Lipinski definition) is 7. The van der Waals surface area contributed by atoms with E-state index in [1.54, 1.807) is 6.07 Å². The fourth-order valence-electron chi connectivity index (χ4n) is 4.23. The predicted molar refractivity (Wildman–Crippen MR) is 141 cm³/mol. The van der Waals surface area contributed by atoms with Crippen LogP contribution in [0.15, 0.2) is 65.5 Å². The molecule has 3 aromatic carbocycles. The van der Waals surface area contributed by atoms with E-state index in [-0.39, 0.29) is 22.3 Å². The summed E-state index contributed by atoms with van der Waals surface area (Å²) in [5.41, 5.74) is -1.17. The van der Waals surface area contributed by atoms with Crippen LogP contribution in [-0.4, -0.2) is 53.9 Å². The van der Waals surface area contributed by atoms with Gasteiger partial charge in [0, 0.05) is 6.54 Å². The molecule has 216 valence electrons. The first-order valence-corrected chi connectivity index (χ1v) is 13.7. The highest BCUT2D eigenvalue weighted by atomic mass is 32.2. The molecule has 0 aliphatic heterocycles. The summed E-state index contributed by atoms with van der Waals surface area (Å²) in [7, 11) is -2.86. The number of carboxylic acids is 1. The van der Waals surface area contributed by atoms with E-state index < -0.39 is 58.1 Å². The molecule has 0 aliphatic rings. The lowest BCUT2D eigenvalue weighted by atomic mass is 10.0. The highest BCUT2D eigenvalue weighted by molar-refractivity contribution is 7.92. The number of ether oxygens (including phenoxy) is 1. The van der Waals surface area contributed by atoms with Crippen LogP contribution in [0.4, 0.5) is 23.2 Å². The van der Waals surface area contributed by atoms with Gasteiger partial charge in [-0.2, -0.15) is 13.2 Å². The largest absolute Gasteiger partial charge is 0.494 e. The monoisotopic (exact) mass is 594 g/mol. The molecule has 1 aromatic heterocycles. The molecule has 1 heterocycles. The van der Waals surface area contributed by atoms with Crippen LogP contribution in [0.1, 0.15) is 12.0 Å². The molecule has 0 fully saturated rings. The summed E-state index contributed by atoms with van der Waals surface area (Å²) in [5, 5.41) is 17.0. The van der Waals surface area contributed by atoms with Crippen molar-refractivity contribution in [2.75, 3.05) is 17.7 Å². The van der Waals surface area contributed by atoms with Crippen molar-refractivity contribution in [3.05, 3.63) is 82.4 Å². The molecule has 15 heteroatoms. The first kappa shape index (κ1) is 29.5. The van der Waals surface area contributed by atoms with Gasteiger partial charge in [0.15, 0.2) is 11.6 Å². The number of hydrogen-bond donors (Lipinski definition) is 1. The Morgan fingerprint density at radius 3 is 2.29 bits per heavy atom. The number of rotatable bonds is 9. The molecule has 0 amide bonds. The van der Waals surface area contributed by atoms with Gasteiger partial charge in [-0.1, -0.05) is 23.4 Å². The number of aryl methyl sites for hydroxylation is 1. The van der Waals surface area contributed by atoms with Gasteiger partial charge in [0.05, 0.1) is 30.0 Å². The normalized spacial score (nSPS) is 12.7. The second-order valence-corrected chi connectivity index (χ2v) is 10.8. The van der Waals surface area contributed by atoms with Gasteiger partial charge in [-0.05, 0) is 60.0 Å². The van der Waals surface area contributed by atoms with Crippen molar-refractivity contribution in [2.45, 2.75) is 25.2 Å². The molecule has 0 unspecified atom stereocenters. The number of halogens is 4. The smallest absolute Gasteiger partial charge is 0.416 e. The molecule has 0 spiro atoms. The number of carboxylic acid groups (broad SMARTS) is 1. The minimum atomic E-state index is -4.66. The molecule has 4 aromatic rings. The molecule has 41 heavy (non-hydrogen) atoms. The number of fused-ring (bicyclic) bond motifs is 1. The lowest BCUT2D eigenvalue weighted by Crippen LogP contribution is -2.46. The van der Waals surface area contributed by atoms with E-state index in [0.29, 0.717) is 27.6 Å². The zero-order chi connectivity index (χ0) is 30.1. The number of methoxy groups -OCH3 is 1. The van der Waals surface area contributed by atoms with E-state index in [9.17, 15) is 40.7 Å². The molecule has 0 aliphatic carbocycles. The van der Waals surface area contributed by atoms with Crippen LogP contribution in [0, 0.1) is 5.82 Å². The maximum absolute atomic E-state index is 14.1. The Hall–Kier alpha value is -4.53. The third-order valence-corrected chi connectivity index (χ3v) is 7.38. The number of carbonyl (C=O) groups is 1. The Kier molecular flexibility index (Phi) is 8.01. The van der Waals surface area contributed by atoms with Crippen molar-refractivity contribution in [3.63, 3.8) is 0 Å². The van der Waals surface area contributed by atoms with Crippen LogP contribution in [0.2, 0.25) is 0 Å². The lowest BCUT2D eigenvalue weighted by Gasteiger charge is -2.29. The summed E-state index contributed by atoms with van der Waals surface area (Å²) in [6, 6.07) is 10.6. The number of anilines is 1. The van der Waals surface area contributed by atoms with E-state index in [2.05, 4.69) is 10.3 Å². The maximum atomic E-state index is 14.1. The first-order valence-electron chi connectivity index (χ1n) is 11.8. The van der Waals surface area contributed by atoms with Gasteiger partial charge in [0.25, 0.3) is 5.56 Å². The Morgan fingerprint density at radius 1 is 1.07 bits per heavy atom. The average Bonchev–Trinajstić information content (AvgIpc) is 2.90. The van der Waals surface area contributed by atoms with Gasteiger partial charge in [-0.25, -0.2) is 22.3 Å². The third-order valence-electron chi connectivity index (χ3n) is 6.20. The number of nitrogens with zero attached hydrogens (tertiary/aromatic N) is 4. The van der Waals surface area contributed by atoms with Crippen molar-refractivity contribution < 1.29 is 40.6 Å². The number of alkyl halides is 3. The third kappa shape index (κ3) is 6.29. The molecule has 0 saturated carbocycles. The summed E-state index contributed by atoms with van der Waals surface area (Å²) in [5.74, 6) is -2.09. The van der Waals surface area contributed by atoms with E-state index in [1.165, 1.54) is 43.5 Å². The molecule has 4 rings (SSSR count). The second kappa shape index (κ2) is 11.2. The highest BCUT2D eigenvalue weighted by Gasteiger charge is 2.33. The van der Waals surface area contributed by atoms with Crippen molar-refractivity contribution in [3.8, 4) is 16.9 Å². The first-order chi connectivity index (χ1) is 19.2. The van der Waals surface area contributed by atoms with Crippen molar-refractivity contribution in [2.24, 2.45) is 0 Å². The molecule has 1 N–H and O–H groups in total. The van der Waals surface area contributed by atoms with E-state index in [4.69, 9.17) is 4.74 Å². The van der Waals surface area contributed by atoms with E-state index in [1.807, 2.05) is 0 Å². The van der Waals surface area contributed by atoms with Gasteiger partial charge < -0.3 is 9.84 Å².